The molecule has 0 aromatic heterocycles. The summed E-state index contributed by atoms with van der Waals surface area (Å²) in [6.07, 6.45) is -4.08. The van der Waals surface area contributed by atoms with Crippen molar-refractivity contribution in [2.24, 2.45) is 0 Å². The normalized spacial score (nSPS) is 27.5. The van der Waals surface area contributed by atoms with Crippen molar-refractivity contribution in [3.63, 3.8) is 0 Å². The zero-order valence-electron chi connectivity index (χ0n) is 20.9. The van der Waals surface area contributed by atoms with E-state index in [4.69, 9.17) is 13.8 Å². The molecule has 3 saturated heterocycles. The van der Waals surface area contributed by atoms with Gasteiger partial charge in [0.05, 0.1) is 37.8 Å². The maximum Gasteiger partial charge on any atom is 0.333 e. The van der Waals surface area contributed by atoms with Crippen LogP contribution in [-0.2, 0) is 63.4 Å². The highest BCUT2D eigenvalue weighted by Gasteiger charge is 2.53. The van der Waals surface area contributed by atoms with Crippen molar-refractivity contribution in [2.75, 3.05) is 6.61 Å². The van der Waals surface area contributed by atoms with Crippen molar-refractivity contribution in [1.82, 2.24) is 15.2 Å². The Bertz CT molecular complexity index is 1270. The number of nitrogens with zero attached hydrogens (tertiary/aromatic N) is 3. The van der Waals surface area contributed by atoms with E-state index >= 15 is 0 Å². The van der Waals surface area contributed by atoms with Gasteiger partial charge in [-0.05, 0) is 13.8 Å². The largest absolute Gasteiger partial charge is 0.356 e. The zero-order chi connectivity index (χ0) is 30.4. The fourth-order valence-electron chi connectivity index (χ4n) is 4.18. The van der Waals surface area contributed by atoms with Crippen LogP contribution in [0.4, 0.5) is 0 Å². The van der Waals surface area contributed by atoms with E-state index in [2.05, 4.69) is 9.68 Å². The van der Waals surface area contributed by atoms with E-state index in [9.17, 15) is 50.8 Å². The standard InChI is InChI=1S/C19H25N3O16S2/c1-18(2)9-36-19(22(18)29,5-3-14(25)37-20-12(23)7-10(16(20)27)39(30,31)32)6-4-15(26)38-21-13(24)8-11(17(21)28)40(33,34)35/h10-11,29H,3-9H2,1-2H3,(H,30,31,32)(H,33,34,35). The van der Waals surface area contributed by atoms with Crippen LogP contribution in [0.25, 0.3) is 0 Å². The molecule has 0 aromatic carbocycles. The number of imide groups is 2. The molecule has 19 nitrogen and oxygen atoms in total. The van der Waals surface area contributed by atoms with Crippen LogP contribution >= 0.6 is 0 Å². The van der Waals surface area contributed by atoms with Crippen molar-refractivity contribution in [3.05, 3.63) is 0 Å². The van der Waals surface area contributed by atoms with E-state index in [1.807, 2.05) is 0 Å². The highest BCUT2D eigenvalue weighted by atomic mass is 32.2. The third kappa shape index (κ3) is 6.29. The first-order chi connectivity index (χ1) is 18.2. The molecular weight excluding hydrogens is 590 g/mol. The summed E-state index contributed by atoms with van der Waals surface area (Å²) >= 11 is 0. The van der Waals surface area contributed by atoms with E-state index in [1.54, 1.807) is 13.8 Å². The minimum absolute atomic E-state index is 0.106. The lowest BCUT2D eigenvalue weighted by Gasteiger charge is -2.37. The van der Waals surface area contributed by atoms with Gasteiger partial charge in [0.1, 0.15) is 5.72 Å². The molecule has 224 valence electrons. The van der Waals surface area contributed by atoms with Gasteiger partial charge in [-0.2, -0.15) is 21.9 Å². The first kappa shape index (κ1) is 31.4. The molecule has 40 heavy (non-hydrogen) atoms. The Balaban J connectivity index is 1.65. The van der Waals surface area contributed by atoms with E-state index in [-0.39, 0.29) is 16.7 Å². The van der Waals surface area contributed by atoms with E-state index in [1.165, 1.54) is 0 Å². The summed E-state index contributed by atoms with van der Waals surface area (Å²) in [7, 11) is -9.89. The Morgan fingerprint density at radius 3 is 1.50 bits per heavy atom. The van der Waals surface area contributed by atoms with Crippen molar-refractivity contribution >= 4 is 55.8 Å². The van der Waals surface area contributed by atoms with Crippen LogP contribution in [0.1, 0.15) is 52.4 Å². The molecule has 0 radical (unpaired) electrons. The Morgan fingerprint density at radius 1 is 0.850 bits per heavy atom. The Morgan fingerprint density at radius 2 is 1.23 bits per heavy atom. The number of hydrogen-bond donors (Lipinski definition) is 3. The van der Waals surface area contributed by atoms with Gasteiger partial charge < -0.3 is 19.6 Å². The molecule has 3 rings (SSSR count). The number of hydroxylamine groups is 6. The molecule has 0 spiro atoms. The smallest absolute Gasteiger partial charge is 0.333 e. The molecule has 21 heteroatoms. The van der Waals surface area contributed by atoms with Crippen LogP contribution in [0, 0.1) is 0 Å². The van der Waals surface area contributed by atoms with Gasteiger partial charge >= 0.3 is 11.9 Å². The summed E-state index contributed by atoms with van der Waals surface area (Å²) in [6, 6.07) is 0. The summed E-state index contributed by atoms with van der Waals surface area (Å²) in [5.41, 5.74) is -2.84. The van der Waals surface area contributed by atoms with Crippen molar-refractivity contribution < 1.29 is 74.3 Å². The molecule has 3 heterocycles. The fraction of sp³-hybridized carbons (Fsp3) is 0.684. The number of ether oxygens (including phenoxy) is 1. The SMILES string of the molecule is CC1(C)COC(CCC(=O)ON2C(=O)CC(S(=O)(=O)O)C2=O)(CCC(=O)ON2C(=O)CC(S(=O)(=O)O)C2=O)N1O. The molecule has 3 aliphatic heterocycles. The highest BCUT2D eigenvalue weighted by molar-refractivity contribution is 7.87. The average molecular weight is 616 g/mol. The maximum absolute atomic E-state index is 12.4. The second-order valence-corrected chi connectivity index (χ2v) is 13.0. The highest BCUT2D eigenvalue weighted by Crippen LogP contribution is 2.40. The number of rotatable bonds is 10. The average Bonchev–Trinajstić information content (AvgIpc) is 3.36. The summed E-state index contributed by atoms with van der Waals surface area (Å²) in [4.78, 5) is 82.0. The first-order valence-electron chi connectivity index (χ1n) is 11.4. The van der Waals surface area contributed by atoms with E-state index < -0.39 is 116 Å². The zero-order valence-corrected chi connectivity index (χ0v) is 22.5. The fourth-order valence-corrected chi connectivity index (χ4v) is 5.59. The molecule has 2 unspecified atom stereocenters. The van der Waals surface area contributed by atoms with Crippen LogP contribution in [0.5, 0.6) is 0 Å². The molecule has 0 aliphatic carbocycles. The minimum Gasteiger partial charge on any atom is -0.356 e. The molecule has 0 bridgehead atoms. The van der Waals surface area contributed by atoms with Crippen LogP contribution < -0.4 is 0 Å². The van der Waals surface area contributed by atoms with Crippen molar-refractivity contribution in [1.29, 1.82) is 0 Å². The Kier molecular flexibility index (Phi) is 8.43. The van der Waals surface area contributed by atoms with Gasteiger partial charge in [-0.15, -0.1) is 10.1 Å². The van der Waals surface area contributed by atoms with Crippen LogP contribution in [0.3, 0.4) is 0 Å². The third-order valence-electron chi connectivity index (χ3n) is 6.32. The summed E-state index contributed by atoms with van der Waals surface area (Å²) < 4.78 is 68.7. The van der Waals surface area contributed by atoms with Gasteiger partial charge in [0, 0.05) is 12.8 Å². The topological polar surface area (TPSA) is 269 Å². The van der Waals surface area contributed by atoms with Gasteiger partial charge in [-0.3, -0.25) is 28.3 Å². The molecular formula is C19H25N3O16S2. The van der Waals surface area contributed by atoms with Gasteiger partial charge in [0.25, 0.3) is 43.9 Å². The molecule has 3 N–H and O–H groups in total. The monoisotopic (exact) mass is 615 g/mol. The summed E-state index contributed by atoms with van der Waals surface area (Å²) in [5, 5.41) is 6.96. The molecule has 4 amide bonds. The molecule has 0 saturated carbocycles. The van der Waals surface area contributed by atoms with Crippen LogP contribution in [-0.4, -0.2) is 110 Å². The lowest BCUT2D eigenvalue weighted by Crippen LogP contribution is -2.51. The number of carbonyl (C=O) groups excluding carboxylic acids is 6. The summed E-state index contributed by atoms with van der Waals surface area (Å²) in [5.74, 6) is -7.87. The second-order valence-electron chi connectivity index (χ2n) is 9.75. The Labute approximate surface area is 226 Å². The molecule has 3 fully saturated rings. The minimum atomic E-state index is -4.95. The van der Waals surface area contributed by atoms with Crippen molar-refractivity contribution in [3.8, 4) is 0 Å². The second kappa shape index (κ2) is 10.7. The van der Waals surface area contributed by atoms with E-state index in [0.717, 1.165) is 0 Å². The predicted molar refractivity (Wildman–Crippen MR) is 121 cm³/mol. The third-order valence-corrected chi connectivity index (χ3v) is 8.50. The molecule has 0 aromatic rings. The van der Waals surface area contributed by atoms with Crippen LogP contribution in [0.15, 0.2) is 0 Å². The maximum atomic E-state index is 12.4. The van der Waals surface area contributed by atoms with Gasteiger partial charge in [-0.25, -0.2) is 9.59 Å². The van der Waals surface area contributed by atoms with E-state index in [0.29, 0.717) is 5.06 Å². The summed E-state index contributed by atoms with van der Waals surface area (Å²) in [6.45, 7) is 2.96. The van der Waals surface area contributed by atoms with Crippen molar-refractivity contribution in [2.45, 2.75) is 74.1 Å². The lowest BCUT2D eigenvalue weighted by molar-refractivity contribution is -0.258. The molecule has 2 atom stereocenters. The number of carbonyl (C=O) groups is 6. The Hall–Kier alpha value is -3.08. The first-order valence-corrected chi connectivity index (χ1v) is 14.4. The lowest BCUT2D eigenvalue weighted by atomic mass is 9.98. The van der Waals surface area contributed by atoms with Crippen LogP contribution in [0.2, 0.25) is 0 Å². The van der Waals surface area contributed by atoms with Gasteiger partial charge in [-0.1, -0.05) is 0 Å². The number of hydrogen-bond acceptors (Lipinski definition) is 15. The van der Waals surface area contributed by atoms with Gasteiger partial charge in [0.2, 0.25) is 0 Å². The van der Waals surface area contributed by atoms with Gasteiger partial charge in [0.15, 0.2) is 10.5 Å². The quantitative estimate of drug-likeness (QED) is 0.172. The molecule has 3 aliphatic rings. The predicted octanol–water partition coefficient (Wildman–Crippen LogP) is -2.31. The number of amides is 4.